The monoisotopic (exact) mass is 886 g/mol. The molecule has 57 heavy (non-hydrogen) atoms. The van der Waals surface area contributed by atoms with Crippen LogP contribution in [0.2, 0.25) is 0 Å². The number of hydrogen-bond acceptors (Lipinski definition) is 11. The number of anilines is 1. The Hall–Kier alpha value is -3.91. The molecule has 0 spiro atoms. The average Bonchev–Trinajstić information content (AvgIpc) is 3.18. The van der Waals surface area contributed by atoms with Crippen molar-refractivity contribution in [1.29, 1.82) is 0 Å². The predicted octanol–water partition coefficient (Wildman–Crippen LogP) is 0.225. The van der Waals surface area contributed by atoms with E-state index in [4.69, 9.17) is 0 Å². The van der Waals surface area contributed by atoms with Crippen LogP contribution < -0.4 is 20.8 Å². The largest absolute Gasteiger partial charge is 2.00 e. The van der Waals surface area contributed by atoms with Gasteiger partial charge in [-0.1, -0.05) is 68.7 Å². The van der Waals surface area contributed by atoms with Crippen molar-refractivity contribution in [2.24, 2.45) is 11.8 Å². The quantitative estimate of drug-likeness (QED) is 0.289. The molecule has 5 aliphatic rings. The molecule has 0 aromatic carbocycles. The molecule has 2 aliphatic carbocycles. The molecule has 18 nitrogen and oxygen atoms in total. The Balaban J connectivity index is 0.000000314. The molecule has 5 atom stereocenters. The van der Waals surface area contributed by atoms with E-state index in [1.54, 1.807) is 46.4 Å². The van der Waals surface area contributed by atoms with Gasteiger partial charge in [0.25, 0.3) is 11.8 Å². The molecule has 4 amide bonds. The Labute approximate surface area is 347 Å². The number of nitrogens with one attached hydrogen (secondary N) is 2. The van der Waals surface area contributed by atoms with Gasteiger partial charge in [0.1, 0.15) is 17.2 Å². The number of aromatic nitrogens is 1. The van der Waals surface area contributed by atoms with Gasteiger partial charge in [-0.2, -0.15) is 0 Å². The first-order valence-electron chi connectivity index (χ1n) is 18.6. The van der Waals surface area contributed by atoms with Crippen molar-refractivity contribution < 1.29 is 63.3 Å². The molecule has 3 aliphatic heterocycles. The molecule has 1 radical (unpaired) electrons. The number of sulfonamides is 2. The summed E-state index contributed by atoms with van der Waals surface area (Å²) in [7, 11) is 2.00. The van der Waals surface area contributed by atoms with E-state index >= 15 is 0 Å². The standard InChI is InChI=1S/C15H24N3O4S.C15H19N3O4S.2C3H7NO.Cu/c2*1-18-13(15(20)17-12-8-4-5-9-16-12)14(19)10-6-2-3-7-11(10)23(18,21)22;2*1-4(2)3-5;/h10-12,19H,2-9H2,1H3,(H,17,20);4-5,8-11,19H,2-3,6-7H2,1H3,(H,16,17,20);2*3H,1-2H3;/q-1;;;;+2/p-2. The van der Waals surface area contributed by atoms with E-state index in [1.807, 2.05) is 0 Å². The second-order valence-electron chi connectivity index (χ2n) is 14.5. The Morgan fingerprint density at radius 3 is 1.60 bits per heavy atom. The van der Waals surface area contributed by atoms with Crippen LogP contribution in [0.15, 0.2) is 47.3 Å². The Kier molecular flexibility index (Phi) is 19.3. The minimum Gasteiger partial charge on any atom is -0.874 e. The second kappa shape index (κ2) is 22.3. The van der Waals surface area contributed by atoms with E-state index in [1.165, 1.54) is 30.1 Å². The number of fused-ring (bicyclic) bond motifs is 2. The van der Waals surface area contributed by atoms with Gasteiger partial charge >= 0.3 is 17.1 Å². The smallest absolute Gasteiger partial charge is 0.874 e. The van der Waals surface area contributed by atoms with Crippen LogP contribution in [0.5, 0.6) is 0 Å². The van der Waals surface area contributed by atoms with Gasteiger partial charge in [-0.05, 0) is 49.7 Å². The zero-order valence-corrected chi connectivity index (χ0v) is 35.8. The van der Waals surface area contributed by atoms with Crippen molar-refractivity contribution in [2.75, 3.05) is 54.1 Å². The summed E-state index contributed by atoms with van der Waals surface area (Å²) in [6.45, 7) is 0.688. The second-order valence-corrected chi connectivity index (χ2v) is 18.9. The maximum atomic E-state index is 12.7. The van der Waals surface area contributed by atoms with Crippen LogP contribution >= 0.6 is 0 Å². The number of carbonyl (C=O) groups excluding carboxylic acids is 4. The SMILES string of the molecule is CN(C)C=O.CN(C)C=O.CN1C(C(=O)NC2CCCC[N-]2)=C([O-])C2CCCCC2S1(=O)=O.CN1C(C(=O)Nc2ccccn2)=C([O-])C2CCCCC2S1(=O)=O.[Cu+2]. The van der Waals surface area contributed by atoms with Gasteiger partial charge in [0.2, 0.25) is 32.9 Å². The fraction of sp³-hybridized carbons (Fsp3) is 0.639. The molecule has 2 N–H and O–H groups in total. The Morgan fingerprint density at radius 2 is 1.19 bits per heavy atom. The van der Waals surface area contributed by atoms with Crippen LogP contribution in [0.3, 0.4) is 0 Å². The molecule has 0 bridgehead atoms. The number of likely N-dealkylation sites (N-methyl/N-ethyl adjacent to an activating group) is 2. The number of rotatable bonds is 6. The number of carbonyl (C=O) groups is 4. The summed E-state index contributed by atoms with van der Waals surface area (Å²) in [5, 5.41) is 33.5. The van der Waals surface area contributed by atoms with Crippen molar-refractivity contribution in [3.8, 4) is 0 Å². The van der Waals surface area contributed by atoms with Crippen LogP contribution in [0.4, 0.5) is 5.82 Å². The van der Waals surface area contributed by atoms with Crippen molar-refractivity contribution in [3.05, 3.63) is 52.6 Å². The van der Waals surface area contributed by atoms with Crippen molar-refractivity contribution >= 4 is 50.5 Å². The van der Waals surface area contributed by atoms with Crippen molar-refractivity contribution in [1.82, 2.24) is 28.7 Å². The molecule has 4 heterocycles. The van der Waals surface area contributed by atoms with Gasteiger partial charge in [0.05, 0.1) is 10.5 Å². The molecule has 1 aromatic rings. The summed E-state index contributed by atoms with van der Waals surface area (Å²) >= 11 is 0. The van der Waals surface area contributed by atoms with E-state index in [0.29, 0.717) is 32.2 Å². The minimum atomic E-state index is -3.69. The summed E-state index contributed by atoms with van der Waals surface area (Å²) in [5.41, 5.74) is -0.562. The summed E-state index contributed by atoms with van der Waals surface area (Å²) in [4.78, 5) is 50.7. The molecule has 1 saturated heterocycles. The third kappa shape index (κ3) is 12.5. The van der Waals surface area contributed by atoms with Crippen LogP contribution in [0.1, 0.15) is 70.6 Å². The number of allylic oxidation sites excluding steroid dienone is 2. The first-order chi connectivity index (χ1) is 26.4. The molecule has 1 aromatic heterocycles. The third-order valence-electron chi connectivity index (χ3n) is 9.99. The Bertz CT molecular complexity index is 1800. The number of nitrogens with zero attached hydrogens (tertiary/aromatic N) is 6. The zero-order chi connectivity index (χ0) is 41.8. The van der Waals surface area contributed by atoms with Gasteiger partial charge in [0.15, 0.2) is 0 Å². The minimum absolute atomic E-state index is 0. The van der Waals surface area contributed by atoms with Crippen molar-refractivity contribution in [2.45, 2.75) is 87.3 Å². The fourth-order valence-electron chi connectivity index (χ4n) is 7.08. The van der Waals surface area contributed by atoms with E-state index in [2.05, 4.69) is 20.9 Å². The maximum absolute atomic E-state index is 12.7. The van der Waals surface area contributed by atoms with Gasteiger partial charge < -0.3 is 36.0 Å². The topological polar surface area (TPSA) is 247 Å². The molecule has 3 fully saturated rings. The number of piperidine rings is 1. The van der Waals surface area contributed by atoms with Crippen LogP contribution in [-0.4, -0.2) is 130 Å². The molecule has 323 valence electrons. The first-order valence-corrected chi connectivity index (χ1v) is 21.6. The summed E-state index contributed by atoms with van der Waals surface area (Å²) in [6, 6.07) is 4.95. The molecule has 21 heteroatoms. The average molecular weight is 888 g/mol. The van der Waals surface area contributed by atoms with Gasteiger partial charge in [-0.15, -0.1) is 6.54 Å². The zero-order valence-electron chi connectivity index (χ0n) is 33.2. The molecular formula is C36H55CuN8O10S2-. The number of hydrogen-bond donors (Lipinski definition) is 2. The number of pyridine rings is 1. The van der Waals surface area contributed by atoms with E-state index in [9.17, 15) is 46.2 Å². The van der Waals surface area contributed by atoms with Crippen LogP contribution in [0, 0.1) is 11.8 Å². The summed E-state index contributed by atoms with van der Waals surface area (Å²) < 4.78 is 52.3. The third-order valence-corrected chi connectivity index (χ3v) is 14.5. The first kappa shape index (κ1) is 49.2. The van der Waals surface area contributed by atoms with Gasteiger partial charge in [-0.25, -0.2) is 21.8 Å². The normalized spacial score (nSPS) is 25.6. The van der Waals surface area contributed by atoms with E-state index < -0.39 is 54.2 Å². The molecule has 5 unspecified atom stereocenters. The van der Waals surface area contributed by atoms with E-state index in [0.717, 1.165) is 66.4 Å². The van der Waals surface area contributed by atoms with E-state index in [-0.39, 0.29) is 52.0 Å². The van der Waals surface area contributed by atoms with Crippen molar-refractivity contribution in [3.63, 3.8) is 0 Å². The number of amides is 4. The summed E-state index contributed by atoms with van der Waals surface area (Å²) in [6.07, 6.45) is 10.6. The predicted molar refractivity (Wildman–Crippen MR) is 205 cm³/mol. The van der Waals surface area contributed by atoms with Crippen LogP contribution in [0.25, 0.3) is 5.32 Å². The summed E-state index contributed by atoms with van der Waals surface area (Å²) in [5.74, 6) is -2.98. The Morgan fingerprint density at radius 1 is 0.754 bits per heavy atom. The van der Waals surface area contributed by atoms with Gasteiger partial charge in [-0.3, -0.25) is 27.8 Å². The van der Waals surface area contributed by atoms with Gasteiger partial charge in [0, 0.05) is 48.5 Å². The fourth-order valence-corrected chi connectivity index (χ4v) is 11.0. The molecule has 2 saturated carbocycles. The molecule has 6 rings (SSSR count). The van der Waals surface area contributed by atoms with Crippen LogP contribution in [-0.2, 0) is 56.3 Å². The maximum Gasteiger partial charge on any atom is 2.00 e. The molecular weight excluding hydrogens is 832 g/mol.